The van der Waals surface area contributed by atoms with Crippen LogP contribution in [0.1, 0.15) is 65.1 Å². The highest BCUT2D eigenvalue weighted by Crippen LogP contribution is 2.32. The number of carbonyl (C=O) groups is 2. The number of hydrogen-bond donors (Lipinski definition) is 3. The fraction of sp³-hybridized carbons (Fsp3) is 0.375. The number of rotatable bonds is 12. The first-order valence-electron chi connectivity index (χ1n) is 18.4. The van der Waals surface area contributed by atoms with Gasteiger partial charge in [-0.15, -0.1) is 13.2 Å². The van der Waals surface area contributed by atoms with E-state index in [4.69, 9.17) is 4.74 Å². The number of ether oxygens (including phenoxy) is 2. The molecule has 22 heteroatoms. The van der Waals surface area contributed by atoms with Crippen molar-refractivity contribution in [2.45, 2.75) is 72.9 Å². The molecule has 1 unspecified atom stereocenters. The van der Waals surface area contributed by atoms with Crippen LogP contribution >= 0.6 is 0 Å². The van der Waals surface area contributed by atoms with Gasteiger partial charge in [0.2, 0.25) is 5.88 Å². The van der Waals surface area contributed by atoms with Gasteiger partial charge in [-0.2, -0.15) is 5.10 Å². The Kier molecular flexibility index (Phi) is 11.9. The van der Waals surface area contributed by atoms with Crippen LogP contribution in [0.15, 0.2) is 54.7 Å². The number of carbonyl (C=O) groups excluding carboxylic acids is 2. The Hall–Kier alpha value is -4.07. The lowest BCUT2D eigenvalue weighted by atomic mass is 9.40. The number of aromatic nitrogens is 3. The molecule has 1 aliphatic carbocycles. The summed E-state index contributed by atoms with van der Waals surface area (Å²) in [5.41, 5.74) is 2.83. The van der Waals surface area contributed by atoms with Gasteiger partial charge >= 0.3 is 6.36 Å². The van der Waals surface area contributed by atoms with Crippen LogP contribution in [-0.4, -0.2) is 137 Å². The molecule has 274 valence electrons. The molecule has 0 bridgehead atoms. The van der Waals surface area contributed by atoms with Crippen molar-refractivity contribution in [3.05, 3.63) is 71.5 Å². The maximum absolute atomic E-state index is 13.7. The van der Waals surface area contributed by atoms with Crippen LogP contribution in [0.5, 0.6) is 11.6 Å². The lowest BCUT2D eigenvalue weighted by molar-refractivity contribution is -0.274. The van der Waals surface area contributed by atoms with Gasteiger partial charge in [-0.1, -0.05) is 28.7 Å². The number of H-pyrrole nitrogens is 1. The van der Waals surface area contributed by atoms with Crippen LogP contribution in [0, 0.1) is 0 Å². The molecule has 0 spiro atoms. The Labute approximate surface area is 322 Å². The van der Waals surface area contributed by atoms with Gasteiger partial charge in [0.15, 0.2) is 5.69 Å². The van der Waals surface area contributed by atoms with E-state index >= 15 is 0 Å². The van der Waals surface area contributed by atoms with Gasteiger partial charge in [-0.25, -0.2) is 4.98 Å². The third-order valence-corrected chi connectivity index (χ3v) is 9.39. The van der Waals surface area contributed by atoms with E-state index in [2.05, 4.69) is 82.5 Å². The van der Waals surface area contributed by atoms with Crippen LogP contribution in [0.2, 0.25) is 0 Å². The maximum Gasteiger partial charge on any atom is 0.573 e. The molecular formula is C32H44B9F3N6O4. The minimum atomic E-state index is -4.84. The van der Waals surface area contributed by atoms with Crippen molar-refractivity contribution in [2.75, 3.05) is 0 Å². The average molecular weight is 731 g/mol. The Morgan fingerprint density at radius 3 is 2.15 bits per heavy atom. The number of fused-ring (bicyclic) bond motifs is 1. The van der Waals surface area contributed by atoms with Gasteiger partial charge in [0.1, 0.15) is 81.9 Å². The first kappa shape index (κ1) is 41.1. The minimum absolute atomic E-state index is 0.0325. The zero-order valence-corrected chi connectivity index (χ0v) is 32.9. The standard InChI is InChI=1S/C32H44B9F3N6O4/c1-15(16-3-2-4-21(11-16)53-32(42,43)44)46-26(51)23-12-18(14-45-28(23)54-31(39,40)41)17-5-10-22-24(13-17)48-49-25(22)27(52)47-19-6-8-20(9-7-19)50(29(33,34)35)30(36,37)38/h2-5,10-15,19-20H,6-9,33-41H2,1H3,(H,46,51)(H,47,52)(H,48,49). The number of amides is 2. The van der Waals surface area contributed by atoms with Crippen molar-refractivity contribution in [2.24, 2.45) is 0 Å². The predicted molar refractivity (Wildman–Crippen MR) is 229 cm³/mol. The fourth-order valence-electron chi connectivity index (χ4n) is 7.69. The van der Waals surface area contributed by atoms with Crippen LogP contribution in [0.25, 0.3) is 22.0 Å². The lowest BCUT2D eigenvalue weighted by Gasteiger charge is -2.53. The molecule has 0 aliphatic heterocycles. The summed E-state index contributed by atoms with van der Waals surface area (Å²) < 4.78 is 48.6. The zero-order valence-electron chi connectivity index (χ0n) is 32.9. The summed E-state index contributed by atoms with van der Waals surface area (Å²) in [6.07, 6.45) is 0.537. The molecule has 54 heavy (non-hydrogen) atoms. The van der Waals surface area contributed by atoms with Gasteiger partial charge in [0.05, 0.1) is 11.6 Å². The second-order valence-corrected chi connectivity index (χ2v) is 17.1. The molecule has 4 aromatic rings. The smallest absolute Gasteiger partial charge is 0.498 e. The number of pyridine rings is 1. The van der Waals surface area contributed by atoms with Gasteiger partial charge in [0.25, 0.3) is 11.8 Å². The Bertz CT molecular complexity index is 1980. The number of nitrogens with one attached hydrogen (secondary N) is 3. The van der Waals surface area contributed by atoms with E-state index in [9.17, 15) is 22.8 Å². The first-order valence-corrected chi connectivity index (χ1v) is 18.4. The highest BCUT2D eigenvalue weighted by atomic mass is 19.4. The lowest BCUT2D eigenvalue weighted by Crippen LogP contribution is -2.67. The van der Waals surface area contributed by atoms with E-state index in [1.807, 2.05) is 41.7 Å². The number of nitrogens with zero attached hydrogens (tertiary/aromatic N) is 3. The molecule has 10 nitrogen and oxygen atoms in total. The van der Waals surface area contributed by atoms with E-state index in [1.54, 1.807) is 25.3 Å². The molecule has 2 aromatic heterocycles. The van der Waals surface area contributed by atoms with E-state index in [1.165, 1.54) is 18.2 Å². The molecule has 1 aliphatic rings. The molecule has 2 aromatic carbocycles. The molecule has 1 saturated carbocycles. The fourth-order valence-corrected chi connectivity index (χ4v) is 7.69. The van der Waals surface area contributed by atoms with Crippen LogP contribution < -0.4 is 20.1 Å². The molecule has 0 radical (unpaired) electrons. The number of alkyl halides is 3. The summed E-state index contributed by atoms with van der Waals surface area (Å²) in [6.45, 7) is 1.66. The normalized spacial score (nSPS) is 17.5. The van der Waals surface area contributed by atoms with E-state index in [0.717, 1.165) is 25.7 Å². The Balaban J connectivity index is 1.32. The third kappa shape index (κ3) is 10.4. The van der Waals surface area contributed by atoms with E-state index in [-0.39, 0.29) is 39.6 Å². The number of hydrogen-bond acceptors (Lipinski definition) is 7. The topological polar surface area (TPSA) is 121 Å². The first-order chi connectivity index (χ1) is 25.0. The number of halogens is 3. The Morgan fingerprint density at radius 1 is 0.870 bits per heavy atom. The summed E-state index contributed by atoms with van der Waals surface area (Å²) in [5, 5.41) is 13.5. The monoisotopic (exact) mass is 732 g/mol. The van der Waals surface area contributed by atoms with Gasteiger partial charge < -0.3 is 25.0 Å². The van der Waals surface area contributed by atoms with Crippen molar-refractivity contribution in [1.82, 2.24) is 30.7 Å². The van der Waals surface area contributed by atoms with Gasteiger partial charge in [-0.3, -0.25) is 14.7 Å². The summed E-state index contributed by atoms with van der Waals surface area (Å²) in [5.74, 6) is -1.04. The summed E-state index contributed by atoms with van der Waals surface area (Å²) in [4.78, 5) is 34.3. The van der Waals surface area contributed by atoms with Crippen molar-refractivity contribution < 1.29 is 32.2 Å². The van der Waals surface area contributed by atoms with E-state index in [0.29, 0.717) is 39.3 Å². The second kappa shape index (κ2) is 15.6. The number of benzene rings is 2. The molecule has 3 N–H and O–H groups in total. The predicted octanol–water partition coefficient (Wildman–Crippen LogP) is -3.73. The zero-order chi connectivity index (χ0) is 39.8. The van der Waals surface area contributed by atoms with E-state index < -0.39 is 23.6 Å². The second-order valence-electron chi connectivity index (χ2n) is 17.1. The van der Waals surface area contributed by atoms with Crippen molar-refractivity contribution in [3.63, 3.8) is 0 Å². The molecular weight excluding hydrogens is 687 g/mol. The summed E-state index contributed by atoms with van der Waals surface area (Å²) in [7, 11) is 19.1. The molecule has 1 atom stereocenters. The third-order valence-electron chi connectivity index (χ3n) is 9.39. The molecule has 0 saturated heterocycles. The molecule has 2 amide bonds. The van der Waals surface area contributed by atoms with Gasteiger partial charge in [-0.05, 0) is 74.1 Å². The van der Waals surface area contributed by atoms with Crippen molar-refractivity contribution in [1.29, 1.82) is 0 Å². The highest BCUT2D eigenvalue weighted by Gasteiger charge is 2.38. The van der Waals surface area contributed by atoms with Crippen molar-refractivity contribution in [3.8, 4) is 22.8 Å². The Morgan fingerprint density at radius 2 is 1.54 bits per heavy atom. The van der Waals surface area contributed by atoms with Crippen LogP contribution in [0.4, 0.5) is 13.2 Å². The SMILES string of the molecule is BC(B)(B)Oc1ncc(-c2ccc3c(C(=O)NC4CCC(N(C(B)(B)B)C(B)(B)B)CC4)n[nH]c3c2)cc1C(=O)NC(C)c1cccc(OC(F)(F)F)c1. The van der Waals surface area contributed by atoms with Crippen molar-refractivity contribution >= 4 is 93.3 Å². The molecule has 2 heterocycles. The maximum atomic E-state index is 13.7. The average Bonchev–Trinajstić information content (AvgIpc) is 3.47. The molecule has 5 rings (SSSR count). The quantitative estimate of drug-likeness (QED) is 0.128. The number of aromatic amines is 1. The van der Waals surface area contributed by atoms with Crippen LogP contribution in [0.3, 0.4) is 0 Å². The molecule has 1 fully saturated rings. The minimum Gasteiger partial charge on any atom is -0.498 e. The van der Waals surface area contributed by atoms with Crippen LogP contribution in [-0.2, 0) is 0 Å². The largest absolute Gasteiger partial charge is 0.573 e. The highest BCUT2D eigenvalue weighted by molar-refractivity contribution is 6.63. The summed E-state index contributed by atoms with van der Waals surface area (Å²) >= 11 is 0. The summed E-state index contributed by atoms with van der Waals surface area (Å²) in [6, 6.07) is 12.4. The van der Waals surface area contributed by atoms with Gasteiger partial charge in [0, 0.05) is 34.5 Å².